The Bertz CT molecular complexity index is 787. The van der Waals surface area contributed by atoms with Crippen molar-refractivity contribution in [2.75, 3.05) is 0 Å². The third-order valence-electron chi connectivity index (χ3n) is 3.28. The van der Waals surface area contributed by atoms with Gasteiger partial charge in [0, 0.05) is 0 Å². The molecule has 0 saturated carbocycles. The van der Waals surface area contributed by atoms with Crippen molar-refractivity contribution in [2.45, 2.75) is 19.8 Å². The molecule has 0 radical (unpaired) electrons. The lowest BCUT2D eigenvalue weighted by Gasteiger charge is -2.10. The monoisotopic (exact) mass is 298 g/mol. The maximum absolute atomic E-state index is 5.97. The average molecular weight is 299 g/mol. The molecule has 0 atom stereocenters. The summed E-state index contributed by atoms with van der Waals surface area (Å²) in [6.07, 6.45) is 0. The van der Waals surface area contributed by atoms with Crippen molar-refractivity contribution in [2.24, 2.45) is 0 Å². The summed E-state index contributed by atoms with van der Waals surface area (Å²) in [6, 6.07) is 15.7. The van der Waals surface area contributed by atoms with Gasteiger partial charge in [0.1, 0.15) is 5.75 Å². The molecule has 0 aliphatic carbocycles. The van der Waals surface area contributed by atoms with Gasteiger partial charge in [-0.2, -0.15) is 4.98 Å². The van der Waals surface area contributed by atoms with Gasteiger partial charge in [0.15, 0.2) is 0 Å². The van der Waals surface area contributed by atoms with Crippen molar-refractivity contribution in [1.82, 2.24) is 9.97 Å². The van der Waals surface area contributed by atoms with Gasteiger partial charge in [-0.1, -0.05) is 38.1 Å². The summed E-state index contributed by atoms with van der Waals surface area (Å²) in [6.45, 7) is 4.30. The fraction of sp³-hybridized carbons (Fsp3) is 0.176. The number of para-hydroxylation sites is 1. The van der Waals surface area contributed by atoms with Crippen molar-refractivity contribution in [3.63, 3.8) is 0 Å². The van der Waals surface area contributed by atoms with E-state index in [-0.39, 0.29) is 5.28 Å². The molecular weight excluding hydrogens is 284 g/mol. The van der Waals surface area contributed by atoms with Gasteiger partial charge in [-0.25, -0.2) is 4.98 Å². The molecule has 0 N–H and O–H groups in total. The number of nitrogens with zero attached hydrogens (tertiary/aromatic N) is 2. The minimum Gasteiger partial charge on any atom is -0.438 e. The van der Waals surface area contributed by atoms with Crippen molar-refractivity contribution < 1.29 is 4.74 Å². The highest BCUT2D eigenvalue weighted by Crippen LogP contribution is 2.29. The van der Waals surface area contributed by atoms with Gasteiger partial charge in [0.25, 0.3) is 0 Å². The van der Waals surface area contributed by atoms with E-state index in [9.17, 15) is 0 Å². The predicted molar refractivity (Wildman–Crippen MR) is 85.2 cm³/mol. The summed E-state index contributed by atoms with van der Waals surface area (Å²) < 4.78 is 5.93. The molecule has 21 heavy (non-hydrogen) atoms. The Hall–Kier alpha value is -2.13. The summed E-state index contributed by atoms with van der Waals surface area (Å²) >= 11 is 5.97. The largest absolute Gasteiger partial charge is 0.438 e. The van der Waals surface area contributed by atoms with Crippen LogP contribution in [0.4, 0.5) is 0 Å². The zero-order valence-corrected chi connectivity index (χ0v) is 12.6. The predicted octanol–water partition coefficient (Wildman–Crippen LogP) is 5.20. The number of ether oxygens (including phenoxy) is 1. The van der Waals surface area contributed by atoms with E-state index in [0.29, 0.717) is 11.8 Å². The fourth-order valence-corrected chi connectivity index (χ4v) is 2.31. The third-order valence-corrected chi connectivity index (χ3v) is 3.45. The number of hydrogen-bond donors (Lipinski definition) is 0. The van der Waals surface area contributed by atoms with Gasteiger partial charge in [0.05, 0.1) is 10.9 Å². The van der Waals surface area contributed by atoms with E-state index in [2.05, 4.69) is 29.9 Å². The molecule has 0 amide bonds. The van der Waals surface area contributed by atoms with E-state index in [1.54, 1.807) is 0 Å². The van der Waals surface area contributed by atoms with Crippen LogP contribution in [-0.2, 0) is 0 Å². The third kappa shape index (κ3) is 2.98. The minimum atomic E-state index is 0.184. The van der Waals surface area contributed by atoms with Crippen LogP contribution < -0.4 is 4.74 Å². The van der Waals surface area contributed by atoms with Crippen molar-refractivity contribution in [1.29, 1.82) is 0 Å². The number of aromatic nitrogens is 2. The molecule has 1 heterocycles. The highest BCUT2D eigenvalue weighted by Gasteiger charge is 2.09. The first-order valence-corrected chi connectivity index (χ1v) is 7.21. The number of fused-ring (bicyclic) bond motifs is 1. The number of rotatable bonds is 3. The molecule has 4 heteroatoms. The molecule has 0 unspecified atom stereocenters. The number of halogens is 1. The summed E-state index contributed by atoms with van der Waals surface area (Å²) in [5.74, 6) is 1.67. The van der Waals surface area contributed by atoms with Crippen LogP contribution in [0.1, 0.15) is 25.3 Å². The molecular formula is C17H15ClN2O. The second-order valence-electron chi connectivity index (χ2n) is 5.14. The molecule has 0 aliphatic heterocycles. The Morgan fingerprint density at radius 2 is 1.81 bits per heavy atom. The van der Waals surface area contributed by atoms with Gasteiger partial charge < -0.3 is 4.74 Å². The van der Waals surface area contributed by atoms with E-state index >= 15 is 0 Å². The summed E-state index contributed by atoms with van der Waals surface area (Å²) in [5, 5.41) is 1.03. The molecule has 0 bridgehead atoms. The lowest BCUT2D eigenvalue weighted by Crippen LogP contribution is -1.94. The van der Waals surface area contributed by atoms with Crippen LogP contribution in [0.25, 0.3) is 10.9 Å². The van der Waals surface area contributed by atoms with E-state index in [1.165, 1.54) is 5.56 Å². The second kappa shape index (κ2) is 5.70. The molecule has 0 spiro atoms. The van der Waals surface area contributed by atoms with Crippen LogP contribution >= 0.6 is 11.6 Å². The highest BCUT2D eigenvalue weighted by molar-refractivity contribution is 6.28. The molecule has 0 fully saturated rings. The zero-order chi connectivity index (χ0) is 14.8. The Morgan fingerprint density at radius 1 is 1.00 bits per heavy atom. The Kier molecular flexibility index (Phi) is 3.76. The number of hydrogen-bond acceptors (Lipinski definition) is 3. The zero-order valence-electron chi connectivity index (χ0n) is 11.9. The lowest BCUT2D eigenvalue weighted by atomic mass is 10.0. The van der Waals surface area contributed by atoms with Gasteiger partial charge >= 0.3 is 0 Å². The van der Waals surface area contributed by atoms with Crippen LogP contribution in [0.5, 0.6) is 11.6 Å². The molecule has 3 aromatic rings. The van der Waals surface area contributed by atoms with Gasteiger partial charge in [-0.15, -0.1) is 0 Å². The normalized spacial score (nSPS) is 11.0. The summed E-state index contributed by atoms with van der Waals surface area (Å²) in [7, 11) is 0. The molecule has 106 valence electrons. The molecule has 3 rings (SSSR count). The molecule has 2 aromatic carbocycles. The number of benzene rings is 2. The smallest absolute Gasteiger partial charge is 0.231 e. The Balaban J connectivity index is 2.03. The van der Waals surface area contributed by atoms with E-state index in [1.807, 2.05) is 42.5 Å². The minimum absolute atomic E-state index is 0.184. The van der Waals surface area contributed by atoms with Crippen LogP contribution in [0.3, 0.4) is 0 Å². The van der Waals surface area contributed by atoms with Crippen molar-refractivity contribution in [3.8, 4) is 11.6 Å². The Morgan fingerprint density at radius 3 is 2.62 bits per heavy atom. The van der Waals surface area contributed by atoms with E-state index < -0.39 is 0 Å². The lowest BCUT2D eigenvalue weighted by molar-refractivity contribution is 0.467. The van der Waals surface area contributed by atoms with Crippen LogP contribution in [0, 0.1) is 0 Å². The fourth-order valence-electron chi connectivity index (χ4n) is 2.15. The molecule has 1 aromatic heterocycles. The topological polar surface area (TPSA) is 35.0 Å². The first-order chi connectivity index (χ1) is 10.1. The average Bonchev–Trinajstić information content (AvgIpc) is 2.47. The molecule has 0 saturated heterocycles. The first-order valence-electron chi connectivity index (χ1n) is 6.83. The van der Waals surface area contributed by atoms with Crippen molar-refractivity contribution in [3.05, 3.63) is 59.4 Å². The maximum Gasteiger partial charge on any atom is 0.231 e. The summed E-state index contributed by atoms with van der Waals surface area (Å²) in [4.78, 5) is 8.40. The summed E-state index contributed by atoms with van der Waals surface area (Å²) in [5.41, 5.74) is 1.99. The van der Waals surface area contributed by atoms with Gasteiger partial charge in [0.2, 0.25) is 11.2 Å². The highest BCUT2D eigenvalue weighted by atomic mass is 35.5. The SMILES string of the molecule is CC(C)c1cccc(Oc2nc(Cl)nc3ccccc23)c1. The van der Waals surface area contributed by atoms with Crippen molar-refractivity contribution >= 4 is 22.5 Å². The maximum atomic E-state index is 5.97. The van der Waals surface area contributed by atoms with Gasteiger partial charge in [-0.3, -0.25) is 0 Å². The first kappa shape index (κ1) is 13.8. The van der Waals surface area contributed by atoms with Gasteiger partial charge in [-0.05, 0) is 47.3 Å². The van der Waals surface area contributed by atoms with E-state index in [0.717, 1.165) is 16.7 Å². The quantitative estimate of drug-likeness (QED) is 0.623. The Labute approximate surface area is 128 Å². The van der Waals surface area contributed by atoms with Crippen LogP contribution in [0.2, 0.25) is 5.28 Å². The molecule has 3 nitrogen and oxygen atoms in total. The van der Waals surface area contributed by atoms with E-state index in [4.69, 9.17) is 16.3 Å². The molecule has 0 aliphatic rings. The standard InChI is InChI=1S/C17H15ClN2O/c1-11(2)12-6-5-7-13(10-12)21-16-14-8-3-4-9-15(14)19-17(18)20-16/h3-11H,1-2H3. The van der Waals surface area contributed by atoms with Crippen LogP contribution in [-0.4, -0.2) is 9.97 Å². The second-order valence-corrected chi connectivity index (χ2v) is 5.48. The van der Waals surface area contributed by atoms with Crippen LogP contribution in [0.15, 0.2) is 48.5 Å².